The summed E-state index contributed by atoms with van der Waals surface area (Å²) in [6, 6.07) is -1.31. The minimum Gasteiger partial charge on any atom is -0.464 e. The van der Waals surface area contributed by atoms with Crippen molar-refractivity contribution in [3.63, 3.8) is 0 Å². The lowest BCUT2D eigenvalue weighted by molar-refractivity contribution is -0.151. The Morgan fingerprint density at radius 1 is 1.48 bits per heavy atom. The quantitative estimate of drug-likeness (QED) is 0.462. The normalized spacial score (nSPS) is 20.9. The number of amides is 1. The summed E-state index contributed by atoms with van der Waals surface area (Å²) >= 11 is 0. The van der Waals surface area contributed by atoms with Gasteiger partial charge in [0.15, 0.2) is 6.04 Å². The molecule has 2 atom stereocenters. The molecule has 0 aromatic heterocycles. The molecule has 1 aliphatic heterocycles. The number of nitrogens with two attached hydrogens (primary N) is 1. The van der Waals surface area contributed by atoms with E-state index in [0.29, 0.717) is 13.1 Å². The van der Waals surface area contributed by atoms with E-state index in [1.165, 1.54) is 4.90 Å². The largest absolute Gasteiger partial charge is 0.464 e. The van der Waals surface area contributed by atoms with E-state index in [4.69, 9.17) is 10.5 Å². The summed E-state index contributed by atoms with van der Waals surface area (Å²) in [5.41, 5.74) is 5.59. The summed E-state index contributed by atoms with van der Waals surface area (Å²) in [6.07, 6.45) is 2.66. The molecule has 1 rings (SSSR count). The third kappa shape index (κ3) is 5.98. The molecule has 1 aliphatic rings. The maximum atomic E-state index is 12.1. The lowest BCUT2D eigenvalue weighted by atomic mass is 9.98. The number of sulfonamides is 1. The Kier molecular flexibility index (Phi) is 6.56. The smallest absolute Gasteiger partial charge is 0.332 e. The first-order valence-electron chi connectivity index (χ1n) is 6.90. The molecule has 0 saturated carbocycles. The molecule has 21 heavy (non-hydrogen) atoms. The van der Waals surface area contributed by atoms with Crippen molar-refractivity contribution >= 4 is 21.9 Å². The average Bonchev–Trinajstić information content (AvgIpc) is 2.43. The lowest BCUT2D eigenvalue weighted by Gasteiger charge is -2.33. The fraction of sp³-hybridized carbons (Fsp3) is 0.833. The number of piperidine rings is 1. The Morgan fingerprint density at radius 3 is 2.71 bits per heavy atom. The van der Waals surface area contributed by atoms with Gasteiger partial charge >= 0.3 is 5.97 Å². The van der Waals surface area contributed by atoms with Crippen LogP contribution in [-0.4, -0.2) is 63.7 Å². The van der Waals surface area contributed by atoms with Gasteiger partial charge in [-0.15, -0.1) is 0 Å². The van der Waals surface area contributed by atoms with Crippen molar-refractivity contribution < 1.29 is 22.7 Å². The van der Waals surface area contributed by atoms with Gasteiger partial charge in [0, 0.05) is 19.6 Å². The number of carbonyl (C=O) groups is 2. The van der Waals surface area contributed by atoms with Crippen LogP contribution in [0.15, 0.2) is 0 Å². The fourth-order valence-electron chi connectivity index (χ4n) is 2.23. The van der Waals surface area contributed by atoms with Crippen LogP contribution in [0.1, 0.15) is 19.8 Å². The molecule has 9 heteroatoms. The van der Waals surface area contributed by atoms with Crippen LogP contribution in [-0.2, 0) is 24.3 Å². The third-order valence-electron chi connectivity index (χ3n) is 3.27. The van der Waals surface area contributed by atoms with Gasteiger partial charge in [-0.05, 0) is 25.7 Å². The number of hydrogen-bond acceptors (Lipinski definition) is 6. The van der Waals surface area contributed by atoms with Crippen LogP contribution in [0.2, 0.25) is 0 Å². The van der Waals surface area contributed by atoms with Gasteiger partial charge in [0.25, 0.3) is 5.91 Å². The van der Waals surface area contributed by atoms with Crippen LogP contribution in [0.3, 0.4) is 0 Å². The van der Waals surface area contributed by atoms with Crippen LogP contribution in [0.5, 0.6) is 0 Å². The highest BCUT2D eigenvalue weighted by Crippen LogP contribution is 2.16. The van der Waals surface area contributed by atoms with Gasteiger partial charge in [-0.25, -0.2) is 17.9 Å². The van der Waals surface area contributed by atoms with Crippen molar-refractivity contribution in [3.05, 3.63) is 0 Å². The van der Waals surface area contributed by atoms with E-state index in [-0.39, 0.29) is 19.1 Å². The van der Waals surface area contributed by atoms with Crippen LogP contribution in [0, 0.1) is 5.92 Å². The molecule has 0 radical (unpaired) electrons. The minimum absolute atomic E-state index is 0.0202. The Labute approximate surface area is 125 Å². The molecule has 1 saturated heterocycles. The monoisotopic (exact) mass is 321 g/mol. The van der Waals surface area contributed by atoms with Crippen molar-refractivity contribution in [1.82, 2.24) is 9.62 Å². The summed E-state index contributed by atoms with van der Waals surface area (Å²) in [7, 11) is -3.25. The van der Waals surface area contributed by atoms with Gasteiger partial charge in [-0.1, -0.05) is 0 Å². The molecule has 1 fully saturated rings. The maximum Gasteiger partial charge on any atom is 0.332 e. The van der Waals surface area contributed by atoms with Gasteiger partial charge in [-0.2, -0.15) is 0 Å². The Hall–Kier alpha value is -1.19. The molecular formula is C12H23N3O5S. The van der Waals surface area contributed by atoms with E-state index < -0.39 is 27.9 Å². The Morgan fingerprint density at radius 2 is 2.14 bits per heavy atom. The first-order valence-corrected chi connectivity index (χ1v) is 8.79. The third-order valence-corrected chi connectivity index (χ3v) is 3.96. The number of likely N-dealkylation sites (tertiary alicyclic amines) is 1. The lowest BCUT2D eigenvalue weighted by Crippen LogP contribution is -2.52. The number of nitrogens with zero attached hydrogens (tertiary/aromatic N) is 1. The van der Waals surface area contributed by atoms with Gasteiger partial charge in [0.2, 0.25) is 10.0 Å². The van der Waals surface area contributed by atoms with Crippen molar-refractivity contribution in [1.29, 1.82) is 0 Å². The zero-order valence-corrected chi connectivity index (χ0v) is 13.2. The highest BCUT2D eigenvalue weighted by Gasteiger charge is 2.31. The number of carbonyl (C=O) groups excluding carboxylic acids is 2. The number of ether oxygens (including phenoxy) is 1. The van der Waals surface area contributed by atoms with Gasteiger partial charge in [-0.3, -0.25) is 4.79 Å². The Balaban J connectivity index is 2.55. The van der Waals surface area contributed by atoms with Gasteiger partial charge < -0.3 is 15.4 Å². The highest BCUT2D eigenvalue weighted by atomic mass is 32.2. The zero-order valence-electron chi connectivity index (χ0n) is 12.4. The van der Waals surface area contributed by atoms with Crippen molar-refractivity contribution in [3.8, 4) is 0 Å². The second-order valence-electron chi connectivity index (χ2n) is 5.14. The molecule has 1 heterocycles. The maximum absolute atomic E-state index is 12.1. The van der Waals surface area contributed by atoms with E-state index in [9.17, 15) is 18.0 Å². The average molecular weight is 321 g/mol. The van der Waals surface area contributed by atoms with Crippen LogP contribution < -0.4 is 10.5 Å². The molecule has 2 unspecified atom stereocenters. The van der Waals surface area contributed by atoms with Crippen molar-refractivity contribution in [2.24, 2.45) is 11.7 Å². The van der Waals surface area contributed by atoms with Gasteiger partial charge in [0.05, 0.1) is 12.9 Å². The molecule has 0 spiro atoms. The van der Waals surface area contributed by atoms with E-state index in [0.717, 1.165) is 19.1 Å². The van der Waals surface area contributed by atoms with Crippen LogP contribution in [0.25, 0.3) is 0 Å². The second kappa shape index (κ2) is 7.71. The predicted molar refractivity (Wildman–Crippen MR) is 76.8 cm³/mol. The standard InChI is InChI=1S/C12H23N3O5S/c1-3-20-12(17)10(13)11(16)15-6-4-5-9(8-15)7-14-21(2,18)19/h9-10,14H,3-8,13H2,1-2H3. The summed E-state index contributed by atoms with van der Waals surface area (Å²) < 4.78 is 29.3. The van der Waals surface area contributed by atoms with Crippen molar-refractivity contribution in [2.75, 3.05) is 32.5 Å². The zero-order chi connectivity index (χ0) is 16.0. The molecule has 0 aliphatic carbocycles. The summed E-state index contributed by atoms with van der Waals surface area (Å²) in [5, 5.41) is 0. The first-order chi connectivity index (χ1) is 9.74. The second-order valence-corrected chi connectivity index (χ2v) is 6.98. The van der Waals surface area contributed by atoms with Crippen LogP contribution >= 0.6 is 0 Å². The van der Waals surface area contributed by atoms with E-state index in [1.54, 1.807) is 6.92 Å². The van der Waals surface area contributed by atoms with E-state index in [2.05, 4.69) is 4.72 Å². The molecule has 0 bridgehead atoms. The number of rotatable bonds is 6. The molecule has 122 valence electrons. The minimum atomic E-state index is -3.25. The number of hydrogen-bond donors (Lipinski definition) is 2. The highest BCUT2D eigenvalue weighted by molar-refractivity contribution is 7.88. The SMILES string of the molecule is CCOC(=O)C(N)C(=O)N1CCCC(CNS(C)(=O)=O)C1. The molecule has 0 aromatic carbocycles. The molecule has 0 aromatic rings. The topological polar surface area (TPSA) is 119 Å². The van der Waals surface area contributed by atoms with Crippen LogP contribution in [0.4, 0.5) is 0 Å². The van der Waals surface area contributed by atoms with E-state index in [1.807, 2.05) is 0 Å². The number of nitrogens with one attached hydrogen (secondary N) is 1. The van der Waals surface area contributed by atoms with Gasteiger partial charge in [0.1, 0.15) is 0 Å². The number of esters is 1. The predicted octanol–water partition coefficient (Wildman–Crippen LogP) is -1.34. The fourth-order valence-corrected chi connectivity index (χ4v) is 2.77. The summed E-state index contributed by atoms with van der Waals surface area (Å²) in [6.45, 7) is 2.98. The Bertz CT molecular complexity index is 479. The molecular weight excluding hydrogens is 298 g/mol. The molecule has 1 amide bonds. The van der Waals surface area contributed by atoms with Crippen molar-refractivity contribution in [2.45, 2.75) is 25.8 Å². The van der Waals surface area contributed by atoms with E-state index >= 15 is 0 Å². The summed E-state index contributed by atoms with van der Waals surface area (Å²) in [5.74, 6) is -1.19. The summed E-state index contributed by atoms with van der Waals surface area (Å²) in [4.78, 5) is 25.1. The molecule has 8 nitrogen and oxygen atoms in total. The first kappa shape index (κ1) is 17.9. The molecule has 3 N–H and O–H groups in total.